The van der Waals surface area contributed by atoms with E-state index in [0.717, 1.165) is 51.0 Å². The van der Waals surface area contributed by atoms with Crippen molar-refractivity contribution in [3.63, 3.8) is 0 Å². The Labute approximate surface area is 167 Å². The number of carbonyl (C=O) groups excluding carboxylic acids is 2. The second-order valence-electron chi connectivity index (χ2n) is 8.00. The largest absolute Gasteiger partial charge is 0.341 e. The maximum atomic E-state index is 13.1. The number of likely N-dealkylation sites (tertiary alicyclic amines) is 1. The summed E-state index contributed by atoms with van der Waals surface area (Å²) in [5, 5.41) is 0. The Kier molecular flexibility index (Phi) is 7.05. The monoisotopic (exact) mass is 389 g/mol. The molecule has 1 unspecified atom stereocenters. The first kappa shape index (κ1) is 20.8. The van der Waals surface area contributed by atoms with Crippen molar-refractivity contribution in [2.24, 2.45) is 5.92 Å². The fraction of sp³-hybridized carbons (Fsp3) is 0.636. The van der Waals surface area contributed by atoms with Gasteiger partial charge in [0.1, 0.15) is 5.82 Å². The second kappa shape index (κ2) is 9.50. The summed E-state index contributed by atoms with van der Waals surface area (Å²) in [5.74, 6) is -0.160. The van der Waals surface area contributed by atoms with Crippen molar-refractivity contribution in [3.05, 3.63) is 35.6 Å². The quantitative estimate of drug-likeness (QED) is 0.751. The summed E-state index contributed by atoms with van der Waals surface area (Å²) in [4.78, 5) is 31.6. The molecule has 3 rings (SSSR count). The first-order chi connectivity index (χ1) is 13.5. The average molecular weight is 390 g/mol. The van der Waals surface area contributed by atoms with Crippen molar-refractivity contribution in [1.82, 2.24) is 14.7 Å². The fourth-order valence-corrected chi connectivity index (χ4v) is 4.44. The summed E-state index contributed by atoms with van der Waals surface area (Å²) >= 11 is 0. The molecule has 1 aromatic rings. The molecule has 2 amide bonds. The minimum absolute atomic E-state index is 0.125. The van der Waals surface area contributed by atoms with Crippen molar-refractivity contribution >= 4 is 11.8 Å². The van der Waals surface area contributed by atoms with Crippen molar-refractivity contribution in [1.29, 1.82) is 0 Å². The highest BCUT2D eigenvalue weighted by Crippen LogP contribution is 2.25. The minimum atomic E-state index is -0.218. The summed E-state index contributed by atoms with van der Waals surface area (Å²) < 4.78 is 13.1. The predicted octanol–water partition coefficient (Wildman–Crippen LogP) is 2.90. The molecular formula is C22H32FN3O2. The molecule has 0 bridgehead atoms. The first-order valence-electron chi connectivity index (χ1n) is 10.6. The lowest BCUT2D eigenvalue weighted by Crippen LogP contribution is -2.41. The van der Waals surface area contributed by atoms with Gasteiger partial charge in [-0.2, -0.15) is 0 Å². The van der Waals surface area contributed by atoms with Crippen LogP contribution in [-0.2, 0) is 16.1 Å². The number of hydrogen-bond donors (Lipinski definition) is 0. The lowest BCUT2D eigenvalue weighted by Gasteiger charge is -2.27. The molecule has 2 aliphatic heterocycles. The highest BCUT2D eigenvalue weighted by molar-refractivity contribution is 5.89. The van der Waals surface area contributed by atoms with Crippen LogP contribution in [0.3, 0.4) is 0 Å². The van der Waals surface area contributed by atoms with Crippen molar-refractivity contribution < 1.29 is 14.0 Å². The molecule has 28 heavy (non-hydrogen) atoms. The average Bonchev–Trinajstić information content (AvgIpc) is 2.93. The van der Waals surface area contributed by atoms with E-state index in [1.165, 1.54) is 12.1 Å². The minimum Gasteiger partial charge on any atom is -0.341 e. The molecular weight excluding hydrogens is 357 g/mol. The summed E-state index contributed by atoms with van der Waals surface area (Å²) in [7, 11) is 0. The zero-order chi connectivity index (χ0) is 20.1. The fourth-order valence-electron chi connectivity index (χ4n) is 4.44. The zero-order valence-electron chi connectivity index (χ0n) is 17.1. The van der Waals surface area contributed by atoms with Crippen LogP contribution in [0.4, 0.5) is 4.39 Å². The Morgan fingerprint density at radius 1 is 1.11 bits per heavy atom. The van der Waals surface area contributed by atoms with E-state index in [0.29, 0.717) is 19.5 Å². The first-order valence-corrected chi connectivity index (χ1v) is 10.6. The molecule has 2 heterocycles. The maximum Gasteiger partial charge on any atom is 0.228 e. The highest BCUT2D eigenvalue weighted by Gasteiger charge is 2.38. The molecule has 2 saturated heterocycles. The van der Waals surface area contributed by atoms with Crippen LogP contribution in [0.25, 0.3) is 0 Å². The van der Waals surface area contributed by atoms with Gasteiger partial charge in [-0.3, -0.25) is 14.5 Å². The third-order valence-corrected chi connectivity index (χ3v) is 6.11. The van der Waals surface area contributed by atoms with Gasteiger partial charge in [0, 0.05) is 51.7 Å². The van der Waals surface area contributed by atoms with Gasteiger partial charge in [-0.05, 0) is 37.0 Å². The molecule has 0 aliphatic carbocycles. The van der Waals surface area contributed by atoms with Gasteiger partial charge in [0.2, 0.25) is 11.8 Å². The third-order valence-electron chi connectivity index (χ3n) is 6.11. The van der Waals surface area contributed by atoms with Gasteiger partial charge in [-0.25, -0.2) is 4.39 Å². The molecule has 6 heteroatoms. The Hall–Kier alpha value is -1.95. The Balaban J connectivity index is 1.54. The number of benzene rings is 1. The number of halogens is 1. The predicted molar refractivity (Wildman–Crippen MR) is 107 cm³/mol. The van der Waals surface area contributed by atoms with E-state index in [1.54, 1.807) is 0 Å². The molecule has 0 radical (unpaired) electrons. The van der Waals surface area contributed by atoms with Crippen LogP contribution >= 0.6 is 0 Å². The summed E-state index contributed by atoms with van der Waals surface area (Å²) in [6.07, 6.45) is 3.14. The van der Waals surface area contributed by atoms with Crippen molar-refractivity contribution in [2.45, 2.75) is 52.1 Å². The lowest BCUT2D eigenvalue weighted by molar-refractivity contribution is -0.135. The zero-order valence-corrected chi connectivity index (χ0v) is 17.1. The van der Waals surface area contributed by atoms with E-state index in [9.17, 15) is 14.0 Å². The Bertz CT molecular complexity index is 675. The standard InChI is InChI=1S/C22H32FN3O2/c1-3-20(4-2)26-16-18(14-21(26)27)22(28)25-11-5-10-24(12-13-25)15-17-6-8-19(23)9-7-17/h6-9,18,20H,3-5,10-16H2,1-2H3. The van der Waals surface area contributed by atoms with Crippen molar-refractivity contribution in [2.75, 3.05) is 32.7 Å². The molecule has 0 spiro atoms. The topological polar surface area (TPSA) is 43.9 Å². The second-order valence-corrected chi connectivity index (χ2v) is 8.00. The van der Waals surface area contributed by atoms with E-state index < -0.39 is 0 Å². The molecule has 2 fully saturated rings. The van der Waals surface area contributed by atoms with Crippen LogP contribution in [0.1, 0.15) is 45.1 Å². The van der Waals surface area contributed by atoms with Gasteiger partial charge < -0.3 is 9.80 Å². The van der Waals surface area contributed by atoms with Crippen LogP contribution in [-0.4, -0.2) is 65.3 Å². The van der Waals surface area contributed by atoms with Crippen LogP contribution in [0.5, 0.6) is 0 Å². The van der Waals surface area contributed by atoms with Gasteiger partial charge in [-0.1, -0.05) is 26.0 Å². The van der Waals surface area contributed by atoms with Gasteiger partial charge in [-0.15, -0.1) is 0 Å². The molecule has 5 nitrogen and oxygen atoms in total. The molecule has 0 aromatic heterocycles. The van der Waals surface area contributed by atoms with Crippen LogP contribution in [0, 0.1) is 11.7 Å². The van der Waals surface area contributed by atoms with Gasteiger partial charge in [0.15, 0.2) is 0 Å². The Morgan fingerprint density at radius 2 is 1.82 bits per heavy atom. The number of carbonyl (C=O) groups is 2. The van der Waals surface area contributed by atoms with E-state index in [1.807, 2.05) is 21.9 Å². The van der Waals surface area contributed by atoms with Crippen LogP contribution < -0.4 is 0 Å². The van der Waals surface area contributed by atoms with Gasteiger partial charge in [0.05, 0.1) is 5.92 Å². The van der Waals surface area contributed by atoms with Crippen LogP contribution in [0.2, 0.25) is 0 Å². The normalized spacial score (nSPS) is 21.4. The number of amides is 2. The number of hydrogen-bond acceptors (Lipinski definition) is 3. The summed E-state index contributed by atoms with van der Waals surface area (Å²) in [5.41, 5.74) is 1.09. The number of nitrogens with zero attached hydrogens (tertiary/aromatic N) is 3. The number of rotatable bonds is 6. The Morgan fingerprint density at radius 3 is 2.50 bits per heavy atom. The molecule has 154 valence electrons. The molecule has 1 aromatic carbocycles. The molecule has 1 atom stereocenters. The molecule has 0 N–H and O–H groups in total. The van der Waals surface area contributed by atoms with Crippen LogP contribution in [0.15, 0.2) is 24.3 Å². The smallest absolute Gasteiger partial charge is 0.228 e. The molecule has 0 saturated carbocycles. The van der Waals surface area contributed by atoms with E-state index in [4.69, 9.17) is 0 Å². The third kappa shape index (κ3) is 4.90. The van der Waals surface area contributed by atoms with E-state index in [2.05, 4.69) is 18.7 Å². The lowest BCUT2D eigenvalue weighted by atomic mass is 10.1. The summed E-state index contributed by atoms with van der Waals surface area (Å²) in [6.45, 7) is 8.70. The van der Waals surface area contributed by atoms with Crippen molar-refractivity contribution in [3.8, 4) is 0 Å². The van der Waals surface area contributed by atoms with E-state index >= 15 is 0 Å². The maximum absolute atomic E-state index is 13.1. The van der Waals surface area contributed by atoms with Gasteiger partial charge in [0.25, 0.3) is 0 Å². The SMILES string of the molecule is CCC(CC)N1CC(C(=O)N2CCCN(Cc3ccc(F)cc3)CC2)CC1=O. The van der Waals surface area contributed by atoms with Gasteiger partial charge >= 0.3 is 0 Å². The highest BCUT2D eigenvalue weighted by atomic mass is 19.1. The molecule has 2 aliphatic rings. The summed E-state index contributed by atoms with van der Waals surface area (Å²) in [6, 6.07) is 6.87. The van der Waals surface area contributed by atoms with E-state index in [-0.39, 0.29) is 29.6 Å².